The van der Waals surface area contributed by atoms with Crippen LogP contribution in [-0.4, -0.2) is 44.5 Å². The van der Waals surface area contributed by atoms with Gasteiger partial charge in [0.15, 0.2) is 0 Å². The van der Waals surface area contributed by atoms with E-state index in [1.165, 1.54) is 4.68 Å². The predicted molar refractivity (Wildman–Crippen MR) is 153 cm³/mol. The highest BCUT2D eigenvalue weighted by molar-refractivity contribution is 5.94. The van der Waals surface area contributed by atoms with E-state index in [4.69, 9.17) is 9.47 Å². The van der Waals surface area contributed by atoms with Gasteiger partial charge in [-0.25, -0.2) is 9.59 Å². The Balaban J connectivity index is 1.65. The molecule has 9 nitrogen and oxygen atoms in total. The molecule has 3 aromatic rings. The third-order valence-corrected chi connectivity index (χ3v) is 7.65. The van der Waals surface area contributed by atoms with Crippen molar-refractivity contribution in [2.45, 2.75) is 53.1 Å². The average Bonchev–Trinajstić information content (AvgIpc) is 3.22. The van der Waals surface area contributed by atoms with Gasteiger partial charge in [0, 0.05) is 30.2 Å². The van der Waals surface area contributed by atoms with Crippen LogP contribution in [0.1, 0.15) is 58.6 Å². The summed E-state index contributed by atoms with van der Waals surface area (Å²) in [5, 5.41) is 24.6. The minimum absolute atomic E-state index is 0.0747. The van der Waals surface area contributed by atoms with E-state index in [1.807, 2.05) is 45.0 Å². The number of rotatable bonds is 9. The Morgan fingerprint density at radius 1 is 1.05 bits per heavy atom. The molecule has 1 aliphatic carbocycles. The van der Waals surface area contributed by atoms with E-state index in [-0.39, 0.29) is 25.2 Å². The lowest BCUT2D eigenvalue weighted by Gasteiger charge is -2.32. The van der Waals surface area contributed by atoms with Crippen molar-refractivity contribution in [3.8, 4) is 17.0 Å². The molecule has 0 aliphatic heterocycles. The Morgan fingerprint density at radius 2 is 1.78 bits per heavy atom. The zero-order valence-electron chi connectivity index (χ0n) is 24.1. The van der Waals surface area contributed by atoms with Gasteiger partial charge in [0.1, 0.15) is 23.5 Å². The van der Waals surface area contributed by atoms with Crippen molar-refractivity contribution in [3.63, 3.8) is 0 Å². The topological polar surface area (TPSA) is 128 Å². The van der Waals surface area contributed by atoms with Crippen LogP contribution in [-0.2, 0) is 33.4 Å². The fourth-order valence-corrected chi connectivity index (χ4v) is 5.35. The molecule has 0 saturated carbocycles. The first-order chi connectivity index (χ1) is 19.4. The summed E-state index contributed by atoms with van der Waals surface area (Å²) in [6, 6.07) is 11.0. The first kappa shape index (κ1) is 29.3. The summed E-state index contributed by atoms with van der Waals surface area (Å²) in [7, 11) is 1.70. The summed E-state index contributed by atoms with van der Waals surface area (Å²) in [6.45, 7) is 9.40. The Morgan fingerprint density at radius 3 is 2.41 bits per heavy atom. The van der Waals surface area contributed by atoms with Gasteiger partial charge in [0.05, 0.1) is 12.3 Å². The van der Waals surface area contributed by atoms with E-state index in [0.29, 0.717) is 39.4 Å². The number of hydrogen-bond donors (Lipinski definition) is 2. The maximum absolute atomic E-state index is 12.7. The number of carboxylic acid groups (broad SMARTS) is 2. The van der Waals surface area contributed by atoms with Gasteiger partial charge >= 0.3 is 17.9 Å². The summed E-state index contributed by atoms with van der Waals surface area (Å²) in [6.07, 6.45) is 2.99. The summed E-state index contributed by atoms with van der Waals surface area (Å²) in [5.41, 5.74) is 4.52. The van der Waals surface area contributed by atoms with E-state index < -0.39 is 23.3 Å². The Bertz CT molecular complexity index is 1610. The molecule has 4 rings (SSSR count). The second-order valence-corrected chi connectivity index (χ2v) is 10.3. The van der Waals surface area contributed by atoms with E-state index in [9.17, 15) is 24.6 Å². The highest BCUT2D eigenvalue weighted by Crippen LogP contribution is 2.41. The largest absolute Gasteiger partial charge is 0.489 e. The van der Waals surface area contributed by atoms with Gasteiger partial charge < -0.3 is 19.7 Å². The highest BCUT2D eigenvalue weighted by Gasteiger charge is 2.43. The summed E-state index contributed by atoms with van der Waals surface area (Å²) in [4.78, 5) is 37.0. The second kappa shape index (κ2) is 11.4. The average molecular weight is 559 g/mol. The number of benzene rings is 2. The van der Waals surface area contributed by atoms with Crippen molar-refractivity contribution in [2.75, 3.05) is 6.61 Å². The molecule has 1 unspecified atom stereocenters. The number of allylic oxidation sites excluding steroid dienone is 2. The highest BCUT2D eigenvalue weighted by atomic mass is 16.5. The number of carbonyl (C=O) groups excluding carboxylic acids is 1. The molecule has 214 valence electrons. The number of hydrogen-bond acceptors (Lipinski definition) is 6. The molecule has 1 aliphatic rings. The SMILES string of the molecule is CCOC(=O)c1c(C)c(-c2ccc(OCc3c(C)cccc3C3(C(=O)O)C=CC(C)=C(C(=O)O)C3)c(C)c2)nn1C. The van der Waals surface area contributed by atoms with E-state index in [1.54, 1.807) is 45.2 Å². The van der Waals surface area contributed by atoms with Crippen molar-refractivity contribution >= 4 is 17.9 Å². The van der Waals surface area contributed by atoms with Gasteiger partial charge in [-0.1, -0.05) is 30.4 Å². The van der Waals surface area contributed by atoms with Crippen LogP contribution in [0, 0.1) is 20.8 Å². The van der Waals surface area contributed by atoms with Crippen molar-refractivity contribution in [3.05, 3.63) is 93.2 Å². The summed E-state index contributed by atoms with van der Waals surface area (Å²) < 4.78 is 12.9. The minimum atomic E-state index is -1.54. The fraction of sp³-hybridized carbons (Fsp3) is 0.312. The van der Waals surface area contributed by atoms with Gasteiger partial charge in [-0.05, 0) is 80.6 Å². The third kappa shape index (κ3) is 5.39. The Labute approximate surface area is 238 Å². The number of aliphatic carboxylic acids is 2. The molecule has 0 saturated heterocycles. The van der Waals surface area contributed by atoms with Crippen LogP contribution in [0.3, 0.4) is 0 Å². The molecule has 0 radical (unpaired) electrons. The van der Waals surface area contributed by atoms with Crippen LogP contribution >= 0.6 is 0 Å². The molecule has 0 fully saturated rings. The van der Waals surface area contributed by atoms with Gasteiger partial charge in [-0.15, -0.1) is 0 Å². The number of aryl methyl sites for hydroxylation is 3. The summed E-state index contributed by atoms with van der Waals surface area (Å²) >= 11 is 0. The molecule has 2 aromatic carbocycles. The van der Waals surface area contributed by atoms with Gasteiger partial charge in [0.25, 0.3) is 0 Å². The number of nitrogens with zero attached hydrogens (tertiary/aromatic N) is 2. The number of ether oxygens (including phenoxy) is 2. The van der Waals surface area contributed by atoms with Crippen molar-refractivity contribution < 1.29 is 34.1 Å². The van der Waals surface area contributed by atoms with Crippen LogP contribution in [0.2, 0.25) is 0 Å². The lowest BCUT2D eigenvalue weighted by molar-refractivity contribution is -0.142. The lowest BCUT2D eigenvalue weighted by Crippen LogP contribution is -2.38. The number of aromatic nitrogens is 2. The van der Waals surface area contributed by atoms with Gasteiger partial charge in [-0.3, -0.25) is 9.48 Å². The van der Waals surface area contributed by atoms with Crippen molar-refractivity contribution in [1.29, 1.82) is 0 Å². The molecule has 0 amide bonds. The van der Waals surface area contributed by atoms with Crippen LogP contribution in [0.25, 0.3) is 11.3 Å². The van der Waals surface area contributed by atoms with Crippen LogP contribution in [0.5, 0.6) is 5.75 Å². The van der Waals surface area contributed by atoms with Gasteiger partial charge in [-0.2, -0.15) is 5.10 Å². The van der Waals surface area contributed by atoms with Crippen LogP contribution in [0.15, 0.2) is 59.7 Å². The fourth-order valence-electron chi connectivity index (χ4n) is 5.35. The molecule has 0 bridgehead atoms. The monoisotopic (exact) mass is 558 g/mol. The molecule has 1 heterocycles. The second-order valence-electron chi connectivity index (χ2n) is 10.3. The van der Waals surface area contributed by atoms with Gasteiger partial charge in [0.2, 0.25) is 0 Å². The van der Waals surface area contributed by atoms with E-state index in [0.717, 1.165) is 16.7 Å². The number of carbonyl (C=O) groups is 3. The Kier molecular flexibility index (Phi) is 8.19. The number of esters is 1. The quantitative estimate of drug-likeness (QED) is 0.332. The maximum Gasteiger partial charge on any atom is 0.356 e. The maximum atomic E-state index is 12.7. The smallest absolute Gasteiger partial charge is 0.356 e. The molecular formula is C32H34N2O7. The summed E-state index contributed by atoms with van der Waals surface area (Å²) in [5.74, 6) is -2.07. The zero-order valence-corrected chi connectivity index (χ0v) is 24.1. The Hall–Kier alpha value is -4.66. The lowest BCUT2D eigenvalue weighted by atomic mass is 9.69. The molecular weight excluding hydrogens is 524 g/mol. The molecule has 1 aromatic heterocycles. The third-order valence-electron chi connectivity index (χ3n) is 7.65. The molecule has 1 atom stereocenters. The molecule has 2 N–H and O–H groups in total. The van der Waals surface area contributed by atoms with Crippen LogP contribution in [0.4, 0.5) is 0 Å². The molecule has 41 heavy (non-hydrogen) atoms. The van der Waals surface area contributed by atoms with Crippen LogP contribution < -0.4 is 4.74 Å². The predicted octanol–water partition coefficient (Wildman–Crippen LogP) is 5.45. The van der Waals surface area contributed by atoms with Crippen molar-refractivity contribution in [1.82, 2.24) is 9.78 Å². The molecule has 0 spiro atoms. The number of carboxylic acids is 2. The van der Waals surface area contributed by atoms with E-state index in [2.05, 4.69) is 5.10 Å². The standard InChI is InChI=1S/C32H34N2O7/c1-7-40-30(37)28-21(5)27(33-34(28)6)22-11-12-26(20(4)15-22)41-17-24-18(2)9-8-10-25(24)32(31(38)39)14-13-19(3)23(16-32)29(35)36/h8-15H,7,16-17H2,1-6H3,(H,35,36)(H,38,39). The van der Waals surface area contributed by atoms with E-state index >= 15 is 0 Å². The minimum Gasteiger partial charge on any atom is -0.489 e. The zero-order chi connectivity index (χ0) is 30.1. The first-order valence-corrected chi connectivity index (χ1v) is 13.3. The molecule has 9 heteroatoms. The van der Waals surface area contributed by atoms with Crippen molar-refractivity contribution in [2.24, 2.45) is 7.05 Å². The first-order valence-electron chi connectivity index (χ1n) is 13.3. The normalized spacial score (nSPS) is 16.5.